The highest BCUT2D eigenvalue weighted by atomic mass is 14.7. The van der Waals surface area contributed by atoms with Crippen LogP contribution in [0.3, 0.4) is 0 Å². The van der Waals surface area contributed by atoms with Gasteiger partial charge in [0, 0.05) is 18.3 Å². The Hall–Kier alpha value is -1.37. The molecule has 1 aliphatic rings. The van der Waals surface area contributed by atoms with Crippen LogP contribution >= 0.6 is 0 Å². The molecule has 96 valence electrons. The molecule has 0 spiro atoms. The highest BCUT2D eigenvalue weighted by molar-refractivity contribution is 5.64. The molecular weight excluding hydrogens is 218 g/mol. The summed E-state index contributed by atoms with van der Waals surface area (Å²) in [5.74, 6) is 1.21. The second-order valence-electron chi connectivity index (χ2n) is 5.10. The van der Waals surface area contributed by atoms with Gasteiger partial charge in [-0.25, -0.2) is 0 Å². The van der Waals surface area contributed by atoms with E-state index in [2.05, 4.69) is 54.5 Å². The van der Waals surface area contributed by atoms with Crippen molar-refractivity contribution in [2.24, 2.45) is 10.9 Å². The molecule has 0 bridgehead atoms. The summed E-state index contributed by atoms with van der Waals surface area (Å²) in [4.78, 5) is 4.33. The van der Waals surface area contributed by atoms with Gasteiger partial charge in [0.1, 0.15) is 0 Å². The predicted molar refractivity (Wildman–Crippen MR) is 79.1 cm³/mol. The molecule has 2 unspecified atom stereocenters. The maximum atomic E-state index is 4.33. The topological polar surface area (TPSA) is 12.4 Å². The Kier molecular flexibility index (Phi) is 5.19. The predicted octanol–water partition coefficient (Wildman–Crippen LogP) is 4.95. The molecule has 0 aromatic heterocycles. The first kappa shape index (κ1) is 13.1. The van der Waals surface area contributed by atoms with Crippen LogP contribution in [0.15, 0.2) is 47.6 Å². The fourth-order valence-corrected chi connectivity index (χ4v) is 2.71. The third-order valence-electron chi connectivity index (χ3n) is 3.74. The number of rotatable bonds is 6. The van der Waals surface area contributed by atoms with E-state index in [4.69, 9.17) is 0 Å². The van der Waals surface area contributed by atoms with Gasteiger partial charge in [-0.1, -0.05) is 62.6 Å². The lowest BCUT2D eigenvalue weighted by Gasteiger charge is -2.25. The largest absolute Gasteiger partial charge is 0.269 e. The molecule has 0 radical (unpaired) electrons. The molecule has 1 aliphatic heterocycles. The smallest absolute Gasteiger partial charge is 0.0224 e. The number of allylic oxidation sites excluding steroid dienone is 1. The number of nitrogens with zero attached hydrogens (tertiary/aromatic N) is 1. The van der Waals surface area contributed by atoms with E-state index in [9.17, 15) is 0 Å². The molecule has 0 amide bonds. The molecule has 0 saturated heterocycles. The fraction of sp³-hybridized carbons (Fsp3) is 0.471. The second-order valence-corrected chi connectivity index (χ2v) is 5.10. The lowest BCUT2D eigenvalue weighted by atomic mass is 9.80. The van der Waals surface area contributed by atoms with E-state index < -0.39 is 0 Å². The van der Waals surface area contributed by atoms with E-state index in [1.807, 2.05) is 6.20 Å². The van der Waals surface area contributed by atoms with Gasteiger partial charge in [0.25, 0.3) is 0 Å². The number of unbranched alkanes of at least 4 members (excludes halogenated alkanes) is 2. The van der Waals surface area contributed by atoms with Crippen LogP contribution < -0.4 is 0 Å². The number of benzene rings is 1. The van der Waals surface area contributed by atoms with Gasteiger partial charge < -0.3 is 0 Å². The van der Waals surface area contributed by atoms with E-state index in [1.54, 1.807) is 0 Å². The number of hydrogen-bond acceptors (Lipinski definition) is 1. The Morgan fingerprint density at radius 1 is 1.22 bits per heavy atom. The van der Waals surface area contributed by atoms with Gasteiger partial charge in [-0.2, -0.15) is 0 Å². The van der Waals surface area contributed by atoms with E-state index in [0.29, 0.717) is 11.8 Å². The van der Waals surface area contributed by atoms with Gasteiger partial charge >= 0.3 is 0 Å². The molecular formula is C17H23N. The van der Waals surface area contributed by atoms with Crippen LogP contribution in [0.1, 0.15) is 50.5 Å². The van der Waals surface area contributed by atoms with Crippen molar-refractivity contribution in [2.75, 3.05) is 0 Å². The normalized spacial score (nSPS) is 19.9. The third kappa shape index (κ3) is 3.56. The Morgan fingerprint density at radius 2 is 2.06 bits per heavy atom. The highest BCUT2D eigenvalue weighted by Crippen LogP contribution is 2.32. The van der Waals surface area contributed by atoms with Crippen molar-refractivity contribution in [1.29, 1.82) is 0 Å². The Balaban J connectivity index is 2.07. The van der Waals surface area contributed by atoms with Crippen molar-refractivity contribution in [2.45, 2.75) is 44.9 Å². The molecule has 2 atom stereocenters. The van der Waals surface area contributed by atoms with Crippen molar-refractivity contribution < 1.29 is 0 Å². The van der Waals surface area contributed by atoms with Gasteiger partial charge in [0.2, 0.25) is 0 Å². The lowest BCUT2D eigenvalue weighted by molar-refractivity contribution is 0.481. The standard InChI is InChI=1S/C17H23N/c1-2-3-5-12-17(15-9-6-4-7-10-15)16-11-8-13-18-14-16/h4,6-10,13-14,16-17H,2-3,5,11-12H2,1H3. The second kappa shape index (κ2) is 7.15. The van der Waals surface area contributed by atoms with Gasteiger partial charge in [-0.3, -0.25) is 4.99 Å². The minimum absolute atomic E-state index is 0.578. The molecule has 18 heavy (non-hydrogen) atoms. The van der Waals surface area contributed by atoms with Gasteiger partial charge in [0.05, 0.1) is 0 Å². The number of aliphatic imine (C=N–C) groups is 1. The van der Waals surface area contributed by atoms with Crippen LogP contribution in [-0.2, 0) is 0 Å². The highest BCUT2D eigenvalue weighted by Gasteiger charge is 2.21. The molecule has 0 N–H and O–H groups in total. The SMILES string of the molecule is CCCCCC(c1ccccc1)C1C=NC=CC1. The maximum absolute atomic E-state index is 4.33. The summed E-state index contributed by atoms with van der Waals surface area (Å²) in [5, 5.41) is 0. The average Bonchev–Trinajstić information content (AvgIpc) is 2.46. The van der Waals surface area contributed by atoms with Gasteiger partial charge in [-0.05, 0) is 24.3 Å². The zero-order valence-corrected chi connectivity index (χ0v) is 11.3. The molecule has 1 nitrogen and oxygen atoms in total. The van der Waals surface area contributed by atoms with Crippen LogP contribution in [0.25, 0.3) is 0 Å². The summed E-state index contributed by atoms with van der Waals surface area (Å²) in [5.41, 5.74) is 1.47. The van der Waals surface area contributed by atoms with Gasteiger partial charge in [0.15, 0.2) is 0 Å². The van der Waals surface area contributed by atoms with Crippen LogP contribution in [0.2, 0.25) is 0 Å². The van der Waals surface area contributed by atoms with E-state index in [1.165, 1.54) is 31.2 Å². The minimum atomic E-state index is 0.578. The molecule has 0 saturated carbocycles. The monoisotopic (exact) mass is 241 g/mol. The third-order valence-corrected chi connectivity index (χ3v) is 3.74. The molecule has 1 aromatic carbocycles. The zero-order chi connectivity index (χ0) is 12.6. The minimum Gasteiger partial charge on any atom is -0.269 e. The average molecular weight is 241 g/mol. The van der Waals surface area contributed by atoms with Crippen molar-refractivity contribution in [3.63, 3.8) is 0 Å². The maximum Gasteiger partial charge on any atom is 0.0224 e. The van der Waals surface area contributed by atoms with Crippen LogP contribution in [0.5, 0.6) is 0 Å². The molecule has 0 aliphatic carbocycles. The lowest BCUT2D eigenvalue weighted by Crippen LogP contribution is -2.15. The first-order valence-electron chi connectivity index (χ1n) is 7.15. The van der Waals surface area contributed by atoms with E-state index in [-0.39, 0.29) is 0 Å². The van der Waals surface area contributed by atoms with Gasteiger partial charge in [-0.15, -0.1) is 0 Å². The summed E-state index contributed by atoms with van der Waals surface area (Å²) >= 11 is 0. The summed E-state index contributed by atoms with van der Waals surface area (Å²) in [6.07, 6.45) is 12.6. The molecule has 1 aromatic rings. The first-order chi connectivity index (χ1) is 8.92. The zero-order valence-electron chi connectivity index (χ0n) is 11.3. The Labute approximate surface area is 111 Å². The molecule has 1 heterocycles. The Morgan fingerprint density at radius 3 is 2.72 bits per heavy atom. The summed E-state index contributed by atoms with van der Waals surface area (Å²) in [6, 6.07) is 10.9. The van der Waals surface area contributed by atoms with Crippen molar-refractivity contribution in [3.8, 4) is 0 Å². The summed E-state index contributed by atoms with van der Waals surface area (Å²) in [7, 11) is 0. The Bertz CT molecular complexity index is 391. The molecule has 1 heteroatoms. The van der Waals surface area contributed by atoms with Crippen molar-refractivity contribution >= 4 is 6.21 Å². The van der Waals surface area contributed by atoms with Crippen LogP contribution in [0, 0.1) is 5.92 Å². The van der Waals surface area contributed by atoms with Crippen molar-refractivity contribution in [1.82, 2.24) is 0 Å². The van der Waals surface area contributed by atoms with Crippen molar-refractivity contribution in [3.05, 3.63) is 48.2 Å². The van der Waals surface area contributed by atoms with Crippen LogP contribution in [0.4, 0.5) is 0 Å². The van der Waals surface area contributed by atoms with E-state index in [0.717, 1.165) is 6.42 Å². The quantitative estimate of drug-likeness (QED) is 0.624. The first-order valence-corrected chi connectivity index (χ1v) is 7.15. The molecule has 0 fully saturated rings. The molecule has 2 rings (SSSR count). The van der Waals surface area contributed by atoms with E-state index >= 15 is 0 Å². The summed E-state index contributed by atoms with van der Waals surface area (Å²) in [6.45, 7) is 2.27. The van der Waals surface area contributed by atoms with Crippen LogP contribution in [-0.4, -0.2) is 6.21 Å². The summed E-state index contributed by atoms with van der Waals surface area (Å²) < 4.78 is 0. The number of hydrogen-bond donors (Lipinski definition) is 0. The fourth-order valence-electron chi connectivity index (χ4n) is 2.71.